The zero-order valence-corrected chi connectivity index (χ0v) is 11.7. The molecule has 0 bridgehead atoms. The highest BCUT2D eigenvalue weighted by Gasteiger charge is 2.50. The van der Waals surface area contributed by atoms with Gasteiger partial charge in [0.05, 0.1) is 6.61 Å². The van der Waals surface area contributed by atoms with E-state index in [9.17, 15) is 5.11 Å². The van der Waals surface area contributed by atoms with E-state index in [2.05, 4.69) is 42.2 Å². The zero-order chi connectivity index (χ0) is 12.6. The third-order valence-electron chi connectivity index (χ3n) is 4.69. The molecule has 2 heterocycles. The summed E-state index contributed by atoms with van der Waals surface area (Å²) in [6.07, 6.45) is 0. The van der Waals surface area contributed by atoms with E-state index in [1.54, 1.807) is 0 Å². The highest BCUT2D eigenvalue weighted by Crippen LogP contribution is 2.48. The Bertz CT molecular complexity index is 410. The maximum atomic E-state index is 9.76. The molecule has 0 spiro atoms. The van der Waals surface area contributed by atoms with Gasteiger partial charge in [-0.05, 0) is 24.2 Å². The van der Waals surface area contributed by atoms with Gasteiger partial charge in [0.1, 0.15) is 0 Å². The third-order valence-corrected chi connectivity index (χ3v) is 6.11. The van der Waals surface area contributed by atoms with Crippen molar-refractivity contribution in [2.45, 2.75) is 13.0 Å². The standard InChI is InChI=1S/C15H21NOS/c1-12(13-5-3-2-4-6-13)16-7-14-8-18-11-15(14,9-16)10-17/h2-6,12,14,17H,7-11H2,1H3/t12-,14+,15+/m0/s1. The first-order valence-corrected chi connectivity index (χ1v) is 7.88. The van der Waals surface area contributed by atoms with Crippen molar-refractivity contribution in [2.24, 2.45) is 11.3 Å². The maximum Gasteiger partial charge on any atom is 0.0511 e. The number of aliphatic hydroxyl groups excluding tert-OH is 1. The van der Waals surface area contributed by atoms with Gasteiger partial charge in [0.15, 0.2) is 0 Å². The lowest BCUT2D eigenvalue weighted by atomic mass is 9.82. The summed E-state index contributed by atoms with van der Waals surface area (Å²) >= 11 is 2.01. The Hall–Kier alpha value is -0.510. The molecule has 2 aliphatic rings. The Labute approximate surface area is 113 Å². The van der Waals surface area contributed by atoms with E-state index in [-0.39, 0.29) is 5.41 Å². The molecule has 1 aromatic rings. The molecule has 18 heavy (non-hydrogen) atoms. The lowest BCUT2D eigenvalue weighted by molar-refractivity contribution is 0.124. The van der Waals surface area contributed by atoms with E-state index in [0.717, 1.165) is 18.8 Å². The Morgan fingerprint density at radius 3 is 2.89 bits per heavy atom. The fourth-order valence-electron chi connectivity index (χ4n) is 3.33. The zero-order valence-electron chi connectivity index (χ0n) is 10.9. The van der Waals surface area contributed by atoms with Gasteiger partial charge < -0.3 is 5.11 Å². The number of rotatable bonds is 3. The Morgan fingerprint density at radius 2 is 2.22 bits per heavy atom. The summed E-state index contributed by atoms with van der Waals surface area (Å²) in [5.74, 6) is 3.03. The van der Waals surface area contributed by atoms with Crippen molar-refractivity contribution in [3.05, 3.63) is 35.9 Å². The van der Waals surface area contributed by atoms with Crippen LogP contribution in [0.2, 0.25) is 0 Å². The normalized spacial score (nSPS) is 33.6. The van der Waals surface area contributed by atoms with Gasteiger partial charge >= 0.3 is 0 Å². The minimum atomic E-state index is 0.174. The van der Waals surface area contributed by atoms with E-state index in [4.69, 9.17) is 0 Å². The summed E-state index contributed by atoms with van der Waals surface area (Å²) in [6, 6.07) is 11.2. The first kappa shape index (κ1) is 12.5. The van der Waals surface area contributed by atoms with Gasteiger partial charge in [-0.1, -0.05) is 30.3 Å². The predicted molar refractivity (Wildman–Crippen MR) is 76.8 cm³/mol. The number of fused-ring (bicyclic) bond motifs is 1. The van der Waals surface area contributed by atoms with Crippen LogP contribution in [0.25, 0.3) is 0 Å². The van der Waals surface area contributed by atoms with Crippen LogP contribution in [0.15, 0.2) is 30.3 Å². The first-order valence-electron chi connectivity index (χ1n) is 6.73. The Kier molecular flexibility index (Phi) is 3.39. The average Bonchev–Trinajstić information content (AvgIpc) is 2.95. The molecular weight excluding hydrogens is 242 g/mol. The second-order valence-corrected chi connectivity index (χ2v) is 6.78. The number of hydrogen-bond donors (Lipinski definition) is 1. The smallest absolute Gasteiger partial charge is 0.0511 e. The summed E-state index contributed by atoms with van der Waals surface area (Å²) in [4.78, 5) is 2.55. The molecule has 2 nitrogen and oxygen atoms in total. The lowest BCUT2D eigenvalue weighted by Gasteiger charge is -2.28. The predicted octanol–water partition coefficient (Wildman–Crippen LogP) is 2.40. The third kappa shape index (κ3) is 1.98. The van der Waals surface area contributed by atoms with Gasteiger partial charge in [-0.25, -0.2) is 0 Å². The topological polar surface area (TPSA) is 23.5 Å². The van der Waals surface area contributed by atoms with Crippen molar-refractivity contribution in [3.8, 4) is 0 Å². The maximum absolute atomic E-state index is 9.76. The number of benzene rings is 1. The minimum Gasteiger partial charge on any atom is -0.396 e. The van der Waals surface area contributed by atoms with Crippen LogP contribution >= 0.6 is 11.8 Å². The second kappa shape index (κ2) is 4.87. The monoisotopic (exact) mass is 263 g/mol. The number of thioether (sulfide) groups is 1. The fraction of sp³-hybridized carbons (Fsp3) is 0.600. The van der Waals surface area contributed by atoms with Crippen LogP contribution in [0, 0.1) is 11.3 Å². The first-order chi connectivity index (χ1) is 8.75. The molecule has 0 amide bonds. The molecule has 1 N–H and O–H groups in total. The molecule has 0 radical (unpaired) electrons. The van der Waals surface area contributed by atoms with Crippen LogP contribution in [0.5, 0.6) is 0 Å². The molecule has 1 aromatic carbocycles. The minimum absolute atomic E-state index is 0.174. The van der Waals surface area contributed by atoms with Crippen LogP contribution in [-0.2, 0) is 0 Å². The van der Waals surface area contributed by atoms with E-state index < -0.39 is 0 Å². The molecule has 0 unspecified atom stereocenters. The molecule has 2 saturated heterocycles. The van der Waals surface area contributed by atoms with Gasteiger partial charge in [0.2, 0.25) is 0 Å². The molecule has 2 aliphatic heterocycles. The molecule has 3 rings (SSSR count). The van der Waals surface area contributed by atoms with Gasteiger partial charge in [0, 0.05) is 30.3 Å². The molecule has 0 saturated carbocycles. The van der Waals surface area contributed by atoms with Crippen molar-refractivity contribution >= 4 is 11.8 Å². The number of likely N-dealkylation sites (tertiary alicyclic amines) is 1. The molecular formula is C15H21NOS. The van der Waals surface area contributed by atoms with Gasteiger partial charge in [-0.3, -0.25) is 4.90 Å². The average molecular weight is 263 g/mol. The van der Waals surface area contributed by atoms with Crippen molar-refractivity contribution in [3.63, 3.8) is 0 Å². The Morgan fingerprint density at radius 1 is 1.44 bits per heavy atom. The van der Waals surface area contributed by atoms with Crippen LogP contribution in [0.1, 0.15) is 18.5 Å². The number of aliphatic hydroxyl groups is 1. The molecule has 2 fully saturated rings. The number of nitrogens with zero attached hydrogens (tertiary/aromatic N) is 1. The van der Waals surface area contributed by atoms with E-state index in [1.165, 1.54) is 11.3 Å². The van der Waals surface area contributed by atoms with Crippen molar-refractivity contribution in [2.75, 3.05) is 31.2 Å². The van der Waals surface area contributed by atoms with Crippen LogP contribution < -0.4 is 0 Å². The largest absolute Gasteiger partial charge is 0.396 e. The molecule has 0 aromatic heterocycles. The van der Waals surface area contributed by atoms with Crippen LogP contribution in [-0.4, -0.2) is 41.2 Å². The van der Waals surface area contributed by atoms with E-state index in [0.29, 0.717) is 18.6 Å². The summed E-state index contributed by atoms with van der Waals surface area (Å²) in [5.41, 5.74) is 1.56. The van der Waals surface area contributed by atoms with Crippen molar-refractivity contribution < 1.29 is 5.11 Å². The van der Waals surface area contributed by atoms with E-state index in [1.807, 2.05) is 11.8 Å². The van der Waals surface area contributed by atoms with Crippen molar-refractivity contribution in [1.82, 2.24) is 4.90 Å². The fourth-order valence-corrected chi connectivity index (χ4v) is 5.02. The molecule has 98 valence electrons. The van der Waals surface area contributed by atoms with Gasteiger partial charge in [-0.15, -0.1) is 0 Å². The highest BCUT2D eigenvalue weighted by molar-refractivity contribution is 7.99. The molecule has 3 atom stereocenters. The van der Waals surface area contributed by atoms with Crippen molar-refractivity contribution in [1.29, 1.82) is 0 Å². The van der Waals surface area contributed by atoms with Crippen LogP contribution in [0.3, 0.4) is 0 Å². The second-order valence-electron chi connectivity index (χ2n) is 5.75. The summed E-state index contributed by atoms with van der Waals surface area (Å²) in [5, 5.41) is 9.76. The molecule has 3 heteroatoms. The van der Waals surface area contributed by atoms with Gasteiger partial charge in [0.25, 0.3) is 0 Å². The summed E-state index contributed by atoms with van der Waals surface area (Å²) < 4.78 is 0. The lowest BCUT2D eigenvalue weighted by Crippen LogP contribution is -2.34. The Balaban J connectivity index is 1.76. The molecule has 0 aliphatic carbocycles. The summed E-state index contributed by atoms with van der Waals surface area (Å²) in [7, 11) is 0. The van der Waals surface area contributed by atoms with E-state index >= 15 is 0 Å². The number of hydrogen-bond acceptors (Lipinski definition) is 3. The summed E-state index contributed by atoms with van der Waals surface area (Å²) in [6.45, 7) is 4.83. The van der Waals surface area contributed by atoms with Gasteiger partial charge in [-0.2, -0.15) is 11.8 Å². The SMILES string of the molecule is C[C@@H](c1ccccc1)N1C[C@@H]2CSC[C@]2(CO)C1. The highest BCUT2D eigenvalue weighted by atomic mass is 32.2. The van der Waals surface area contributed by atoms with Crippen LogP contribution in [0.4, 0.5) is 0 Å². The quantitative estimate of drug-likeness (QED) is 0.906.